The fourth-order valence-electron chi connectivity index (χ4n) is 2.19. The van der Waals surface area contributed by atoms with Crippen molar-refractivity contribution in [2.24, 2.45) is 5.92 Å². The molecule has 1 saturated heterocycles. The number of rotatable bonds is 6. The predicted octanol–water partition coefficient (Wildman–Crippen LogP) is 2.64. The zero-order valence-electron chi connectivity index (χ0n) is 11.3. The first kappa shape index (κ1) is 13.9. The molecule has 1 aliphatic heterocycles. The summed E-state index contributed by atoms with van der Waals surface area (Å²) in [6.07, 6.45) is 4.68. The highest BCUT2D eigenvalue weighted by Gasteiger charge is 2.15. The number of piperidine rings is 1. The summed E-state index contributed by atoms with van der Waals surface area (Å²) in [5.74, 6) is 3.34. The lowest BCUT2D eigenvalue weighted by Gasteiger charge is -2.21. The molecule has 0 bridgehead atoms. The molecule has 102 valence electrons. The van der Waals surface area contributed by atoms with Gasteiger partial charge in [-0.25, -0.2) is 0 Å². The molecule has 1 aromatic heterocycles. The van der Waals surface area contributed by atoms with Crippen molar-refractivity contribution >= 4 is 11.8 Å². The van der Waals surface area contributed by atoms with Crippen molar-refractivity contribution < 1.29 is 4.52 Å². The predicted molar refractivity (Wildman–Crippen MR) is 74.6 cm³/mol. The first-order valence-electron chi connectivity index (χ1n) is 6.88. The van der Waals surface area contributed by atoms with Crippen LogP contribution in [0.3, 0.4) is 0 Å². The van der Waals surface area contributed by atoms with E-state index in [0.717, 1.165) is 42.9 Å². The highest BCUT2D eigenvalue weighted by Crippen LogP contribution is 2.19. The Balaban J connectivity index is 1.72. The molecule has 0 aliphatic carbocycles. The topological polar surface area (TPSA) is 51.0 Å². The maximum atomic E-state index is 5.30. The van der Waals surface area contributed by atoms with Gasteiger partial charge in [-0.15, -0.1) is 0 Å². The molecule has 1 aliphatic rings. The molecule has 0 amide bonds. The normalized spacial score (nSPS) is 17.5. The van der Waals surface area contributed by atoms with Gasteiger partial charge in [0.05, 0.1) is 5.75 Å². The Kier molecular flexibility index (Phi) is 5.50. The van der Waals surface area contributed by atoms with E-state index >= 15 is 0 Å². The van der Waals surface area contributed by atoms with Gasteiger partial charge in [0.2, 0.25) is 5.89 Å². The summed E-state index contributed by atoms with van der Waals surface area (Å²) in [5, 5.41) is 8.04. The first-order valence-corrected chi connectivity index (χ1v) is 7.92. The molecule has 0 atom stereocenters. The van der Waals surface area contributed by atoms with Gasteiger partial charge in [0.15, 0.2) is 5.82 Å². The van der Waals surface area contributed by atoms with E-state index < -0.39 is 0 Å². The van der Waals surface area contributed by atoms with E-state index in [2.05, 4.69) is 29.3 Å². The fraction of sp³-hybridized carbons (Fsp3) is 0.846. The van der Waals surface area contributed by atoms with Gasteiger partial charge >= 0.3 is 0 Å². The largest absolute Gasteiger partial charge is 0.339 e. The van der Waals surface area contributed by atoms with Crippen LogP contribution in [0.1, 0.15) is 44.8 Å². The van der Waals surface area contributed by atoms with Gasteiger partial charge in [-0.05, 0) is 43.5 Å². The molecule has 2 heterocycles. The van der Waals surface area contributed by atoms with Crippen LogP contribution in [0.2, 0.25) is 0 Å². The molecular weight excluding hydrogens is 246 g/mol. The molecule has 5 heteroatoms. The molecule has 4 nitrogen and oxygen atoms in total. The molecular formula is C13H23N3OS. The van der Waals surface area contributed by atoms with Crippen LogP contribution >= 0.6 is 11.8 Å². The summed E-state index contributed by atoms with van der Waals surface area (Å²) < 4.78 is 5.30. The molecule has 1 aromatic rings. The molecule has 1 N–H and O–H groups in total. The molecule has 18 heavy (non-hydrogen) atoms. The van der Waals surface area contributed by atoms with Crippen molar-refractivity contribution in [3.8, 4) is 0 Å². The third-order valence-corrected chi connectivity index (χ3v) is 4.37. The van der Waals surface area contributed by atoms with Gasteiger partial charge in [-0.1, -0.05) is 19.0 Å². The lowest BCUT2D eigenvalue weighted by atomic mass is 9.93. The summed E-state index contributed by atoms with van der Waals surface area (Å²) in [7, 11) is 0. The Morgan fingerprint density at radius 2 is 2.17 bits per heavy atom. The van der Waals surface area contributed by atoms with E-state index in [1.54, 1.807) is 0 Å². The monoisotopic (exact) mass is 269 g/mol. The van der Waals surface area contributed by atoms with Crippen molar-refractivity contribution in [2.75, 3.05) is 13.1 Å². The minimum absolute atomic E-state index is 0.613. The number of aryl methyl sites for hydroxylation is 1. The number of hydrogen-bond acceptors (Lipinski definition) is 5. The van der Waals surface area contributed by atoms with Crippen LogP contribution < -0.4 is 5.32 Å². The smallest absolute Gasteiger partial charge is 0.226 e. The van der Waals surface area contributed by atoms with Crippen LogP contribution in [0.4, 0.5) is 0 Å². The van der Waals surface area contributed by atoms with Crippen molar-refractivity contribution in [3.63, 3.8) is 0 Å². The van der Waals surface area contributed by atoms with E-state index in [9.17, 15) is 0 Å². The van der Waals surface area contributed by atoms with Crippen molar-refractivity contribution in [3.05, 3.63) is 11.7 Å². The molecule has 2 rings (SSSR count). The SMILES string of the molecule is CC(C)SCc1noc(CCC2CCNCC2)n1. The number of aromatic nitrogens is 2. The first-order chi connectivity index (χ1) is 8.74. The van der Waals surface area contributed by atoms with E-state index in [1.807, 2.05) is 11.8 Å². The van der Waals surface area contributed by atoms with Gasteiger partial charge in [0, 0.05) is 6.42 Å². The summed E-state index contributed by atoms with van der Waals surface area (Å²) in [6, 6.07) is 0. The average Bonchev–Trinajstić information content (AvgIpc) is 2.83. The van der Waals surface area contributed by atoms with Crippen LogP contribution in [-0.4, -0.2) is 28.5 Å². The van der Waals surface area contributed by atoms with Gasteiger partial charge in [0.25, 0.3) is 0 Å². The molecule has 0 unspecified atom stereocenters. The second-order valence-electron chi connectivity index (χ2n) is 5.20. The number of nitrogens with one attached hydrogen (secondary N) is 1. The molecule has 0 aromatic carbocycles. The van der Waals surface area contributed by atoms with Gasteiger partial charge in [-0.2, -0.15) is 16.7 Å². The van der Waals surface area contributed by atoms with E-state index in [1.165, 1.54) is 19.3 Å². The van der Waals surface area contributed by atoms with E-state index in [-0.39, 0.29) is 0 Å². The third kappa shape index (κ3) is 4.61. The zero-order chi connectivity index (χ0) is 12.8. The Bertz CT molecular complexity index is 348. The van der Waals surface area contributed by atoms with Gasteiger partial charge in [-0.3, -0.25) is 0 Å². The molecule has 0 saturated carbocycles. The number of hydrogen-bond donors (Lipinski definition) is 1. The molecule has 0 radical (unpaired) electrons. The number of nitrogens with zero attached hydrogens (tertiary/aromatic N) is 2. The van der Waals surface area contributed by atoms with E-state index in [0.29, 0.717) is 5.25 Å². The summed E-state index contributed by atoms with van der Waals surface area (Å²) in [5.41, 5.74) is 0. The maximum Gasteiger partial charge on any atom is 0.226 e. The van der Waals surface area contributed by atoms with Crippen LogP contribution in [0.25, 0.3) is 0 Å². The lowest BCUT2D eigenvalue weighted by Crippen LogP contribution is -2.27. The highest BCUT2D eigenvalue weighted by atomic mass is 32.2. The Morgan fingerprint density at radius 3 is 2.89 bits per heavy atom. The molecule has 0 spiro atoms. The summed E-state index contributed by atoms with van der Waals surface area (Å²) >= 11 is 1.85. The van der Waals surface area contributed by atoms with Gasteiger partial charge in [0.1, 0.15) is 0 Å². The standard InChI is InChI=1S/C13H23N3OS/c1-10(2)18-9-12-15-13(17-16-12)4-3-11-5-7-14-8-6-11/h10-11,14H,3-9H2,1-2H3. The van der Waals surface area contributed by atoms with Crippen LogP contribution in [0.5, 0.6) is 0 Å². The maximum absolute atomic E-state index is 5.30. The Morgan fingerprint density at radius 1 is 1.39 bits per heavy atom. The number of thioether (sulfide) groups is 1. The summed E-state index contributed by atoms with van der Waals surface area (Å²) in [6.45, 7) is 6.68. The van der Waals surface area contributed by atoms with Gasteiger partial charge < -0.3 is 9.84 Å². The third-order valence-electron chi connectivity index (χ3n) is 3.28. The van der Waals surface area contributed by atoms with Crippen molar-refractivity contribution in [2.45, 2.75) is 50.5 Å². The van der Waals surface area contributed by atoms with Crippen LogP contribution in [0, 0.1) is 5.92 Å². The average molecular weight is 269 g/mol. The second kappa shape index (κ2) is 7.14. The van der Waals surface area contributed by atoms with Crippen LogP contribution in [0.15, 0.2) is 4.52 Å². The minimum atomic E-state index is 0.613. The Hall–Kier alpha value is -0.550. The zero-order valence-corrected chi connectivity index (χ0v) is 12.1. The highest BCUT2D eigenvalue weighted by molar-refractivity contribution is 7.99. The fourth-order valence-corrected chi connectivity index (χ4v) is 2.79. The van der Waals surface area contributed by atoms with Crippen molar-refractivity contribution in [1.29, 1.82) is 0 Å². The minimum Gasteiger partial charge on any atom is -0.339 e. The summed E-state index contributed by atoms with van der Waals surface area (Å²) in [4.78, 5) is 4.45. The second-order valence-corrected chi connectivity index (χ2v) is 6.76. The van der Waals surface area contributed by atoms with E-state index in [4.69, 9.17) is 4.52 Å². The van der Waals surface area contributed by atoms with Crippen molar-refractivity contribution in [1.82, 2.24) is 15.5 Å². The lowest BCUT2D eigenvalue weighted by molar-refractivity contribution is 0.323. The quantitative estimate of drug-likeness (QED) is 0.860. The van der Waals surface area contributed by atoms with Crippen LogP contribution in [-0.2, 0) is 12.2 Å². The Labute approximate surface area is 113 Å². The molecule has 1 fully saturated rings.